The van der Waals surface area contributed by atoms with E-state index in [4.69, 9.17) is 0 Å². The Morgan fingerprint density at radius 3 is 2.95 bits per heavy atom. The number of nitrogens with zero attached hydrogens (tertiary/aromatic N) is 2. The smallest absolute Gasteiger partial charge is 0.0709 e. The van der Waals surface area contributed by atoms with Crippen molar-refractivity contribution in [3.63, 3.8) is 0 Å². The van der Waals surface area contributed by atoms with Gasteiger partial charge >= 0.3 is 0 Å². The van der Waals surface area contributed by atoms with E-state index in [-0.39, 0.29) is 0 Å². The zero-order valence-electron chi connectivity index (χ0n) is 11.7. The molecule has 0 saturated heterocycles. The minimum atomic E-state index is 0.433. The maximum Gasteiger partial charge on any atom is 0.0709 e. The molecule has 19 heavy (non-hydrogen) atoms. The van der Waals surface area contributed by atoms with Crippen LogP contribution in [0.25, 0.3) is 5.52 Å². The van der Waals surface area contributed by atoms with Crippen molar-refractivity contribution >= 4 is 5.52 Å². The van der Waals surface area contributed by atoms with Crippen molar-refractivity contribution in [3.05, 3.63) is 36.2 Å². The van der Waals surface area contributed by atoms with Crippen molar-refractivity contribution in [1.29, 1.82) is 0 Å². The van der Waals surface area contributed by atoms with Gasteiger partial charge in [0, 0.05) is 17.8 Å². The van der Waals surface area contributed by atoms with Crippen molar-refractivity contribution in [2.24, 2.45) is 5.92 Å². The monoisotopic (exact) mass is 257 g/mol. The molecule has 1 fully saturated rings. The molecule has 102 valence electrons. The van der Waals surface area contributed by atoms with Gasteiger partial charge in [0.25, 0.3) is 0 Å². The van der Waals surface area contributed by atoms with Crippen LogP contribution in [0.15, 0.2) is 30.6 Å². The van der Waals surface area contributed by atoms with Crippen LogP contribution in [0, 0.1) is 5.92 Å². The van der Waals surface area contributed by atoms with Crippen LogP contribution >= 0.6 is 0 Å². The third-order valence-electron chi connectivity index (χ3n) is 4.47. The Morgan fingerprint density at radius 1 is 1.32 bits per heavy atom. The Labute approximate surface area is 115 Å². The summed E-state index contributed by atoms with van der Waals surface area (Å²) in [5.74, 6) is 0.880. The molecule has 1 aliphatic rings. The van der Waals surface area contributed by atoms with Crippen molar-refractivity contribution in [2.75, 3.05) is 7.05 Å². The Balaban J connectivity index is 1.81. The van der Waals surface area contributed by atoms with E-state index in [9.17, 15) is 0 Å². The minimum Gasteiger partial charge on any atom is -0.313 e. The van der Waals surface area contributed by atoms with Crippen LogP contribution in [-0.4, -0.2) is 16.7 Å². The summed E-state index contributed by atoms with van der Waals surface area (Å²) < 4.78 is 1.97. The van der Waals surface area contributed by atoms with Gasteiger partial charge in [0.05, 0.1) is 11.7 Å². The molecule has 0 aromatic carbocycles. The second-order valence-electron chi connectivity index (χ2n) is 5.71. The second-order valence-corrected chi connectivity index (χ2v) is 5.71. The second kappa shape index (κ2) is 5.74. The van der Waals surface area contributed by atoms with Crippen LogP contribution < -0.4 is 5.32 Å². The third-order valence-corrected chi connectivity index (χ3v) is 4.47. The zero-order chi connectivity index (χ0) is 13.1. The van der Waals surface area contributed by atoms with Crippen LogP contribution in [0.1, 0.15) is 50.1 Å². The number of aromatic nitrogens is 2. The predicted molar refractivity (Wildman–Crippen MR) is 78.2 cm³/mol. The molecule has 3 nitrogen and oxygen atoms in total. The fourth-order valence-electron chi connectivity index (χ4n) is 3.38. The molecule has 1 N–H and O–H groups in total. The first-order valence-electron chi connectivity index (χ1n) is 7.48. The molecule has 2 heterocycles. The van der Waals surface area contributed by atoms with Crippen LogP contribution in [0.3, 0.4) is 0 Å². The SMILES string of the molecule is CNC(CC1CCCCC1)c1cnn2ccccc12. The maximum absolute atomic E-state index is 4.46. The molecule has 1 aliphatic carbocycles. The molecule has 3 rings (SSSR count). The first-order valence-corrected chi connectivity index (χ1v) is 7.48. The van der Waals surface area contributed by atoms with Crippen LogP contribution in [0.5, 0.6) is 0 Å². The van der Waals surface area contributed by atoms with E-state index < -0.39 is 0 Å². The molecular weight excluding hydrogens is 234 g/mol. The summed E-state index contributed by atoms with van der Waals surface area (Å²) in [5, 5.41) is 7.95. The summed E-state index contributed by atoms with van der Waals surface area (Å²) in [6.07, 6.45) is 12.3. The van der Waals surface area contributed by atoms with Crippen LogP contribution in [0.4, 0.5) is 0 Å². The topological polar surface area (TPSA) is 29.3 Å². The molecule has 3 heteroatoms. The van der Waals surface area contributed by atoms with Crippen LogP contribution in [-0.2, 0) is 0 Å². The standard InChI is InChI=1S/C16H23N3/c1-17-15(11-13-7-3-2-4-8-13)14-12-18-19-10-6-5-9-16(14)19/h5-6,9-10,12-13,15,17H,2-4,7-8,11H2,1H3. The van der Waals surface area contributed by atoms with Gasteiger partial charge in [-0.05, 0) is 31.5 Å². The highest BCUT2D eigenvalue weighted by Crippen LogP contribution is 2.32. The molecule has 0 radical (unpaired) electrons. The fourth-order valence-corrected chi connectivity index (χ4v) is 3.38. The van der Waals surface area contributed by atoms with E-state index in [1.807, 2.05) is 23.0 Å². The first-order chi connectivity index (χ1) is 9.38. The summed E-state index contributed by atoms with van der Waals surface area (Å²) in [6, 6.07) is 6.71. The summed E-state index contributed by atoms with van der Waals surface area (Å²) in [6.45, 7) is 0. The van der Waals surface area contributed by atoms with E-state index >= 15 is 0 Å². The lowest BCUT2D eigenvalue weighted by atomic mass is 9.83. The lowest BCUT2D eigenvalue weighted by Crippen LogP contribution is -2.21. The van der Waals surface area contributed by atoms with Crippen molar-refractivity contribution < 1.29 is 0 Å². The minimum absolute atomic E-state index is 0.433. The summed E-state index contributed by atoms with van der Waals surface area (Å²) in [7, 11) is 2.07. The number of pyridine rings is 1. The van der Waals surface area contributed by atoms with Gasteiger partial charge in [0.1, 0.15) is 0 Å². The fraction of sp³-hybridized carbons (Fsp3) is 0.562. The predicted octanol–water partition coefficient (Wildman–Crippen LogP) is 3.57. The third kappa shape index (κ3) is 2.66. The van der Waals surface area contributed by atoms with Gasteiger partial charge < -0.3 is 5.32 Å². The van der Waals surface area contributed by atoms with Crippen molar-refractivity contribution in [2.45, 2.75) is 44.6 Å². The first kappa shape index (κ1) is 12.7. The van der Waals surface area contributed by atoms with E-state index in [2.05, 4.69) is 29.6 Å². The molecule has 0 bridgehead atoms. The normalized spacial score (nSPS) is 18.8. The Kier molecular flexibility index (Phi) is 3.83. The molecular formula is C16H23N3. The quantitative estimate of drug-likeness (QED) is 0.907. The molecule has 0 spiro atoms. The summed E-state index contributed by atoms with van der Waals surface area (Å²) >= 11 is 0. The maximum atomic E-state index is 4.46. The number of fused-ring (bicyclic) bond motifs is 1. The van der Waals surface area contributed by atoms with Gasteiger partial charge in [-0.3, -0.25) is 0 Å². The highest BCUT2D eigenvalue weighted by Gasteiger charge is 2.21. The number of rotatable bonds is 4. The molecule has 2 aromatic heterocycles. The van der Waals surface area contributed by atoms with Crippen LogP contribution in [0.2, 0.25) is 0 Å². The largest absolute Gasteiger partial charge is 0.313 e. The lowest BCUT2D eigenvalue weighted by molar-refractivity contribution is 0.306. The van der Waals surface area contributed by atoms with Gasteiger partial charge in [0.2, 0.25) is 0 Å². The van der Waals surface area contributed by atoms with E-state index in [0.29, 0.717) is 6.04 Å². The van der Waals surface area contributed by atoms with Crippen molar-refractivity contribution in [3.8, 4) is 0 Å². The molecule has 1 unspecified atom stereocenters. The molecule has 2 aromatic rings. The van der Waals surface area contributed by atoms with E-state index in [1.165, 1.54) is 49.6 Å². The number of nitrogens with one attached hydrogen (secondary N) is 1. The Bertz CT molecular complexity index is 526. The molecule has 0 amide bonds. The Hall–Kier alpha value is -1.35. The number of hydrogen-bond donors (Lipinski definition) is 1. The molecule has 1 atom stereocenters. The highest BCUT2D eigenvalue weighted by molar-refractivity contribution is 5.54. The average Bonchev–Trinajstić information content (AvgIpc) is 2.90. The van der Waals surface area contributed by atoms with Gasteiger partial charge in [-0.15, -0.1) is 0 Å². The summed E-state index contributed by atoms with van der Waals surface area (Å²) in [4.78, 5) is 0. The zero-order valence-corrected chi connectivity index (χ0v) is 11.7. The highest BCUT2D eigenvalue weighted by atomic mass is 15.2. The van der Waals surface area contributed by atoms with E-state index in [0.717, 1.165) is 5.92 Å². The average molecular weight is 257 g/mol. The molecule has 1 saturated carbocycles. The van der Waals surface area contributed by atoms with Gasteiger partial charge in [0.15, 0.2) is 0 Å². The van der Waals surface area contributed by atoms with Gasteiger partial charge in [-0.25, -0.2) is 4.52 Å². The summed E-state index contributed by atoms with van der Waals surface area (Å²) in [5.41, 5.74) is 2.58. The Morgan fingerprint density at radius 2 is 2.16 bits per heavy atom. The van der Waals surface area contributed by atoms with E-state index in [1.54, 1.807) is 0 Å². The van der Waals surface area contributed by atoms with Gasteiger partial charge in [-0.1, -0.05) is 38.2 Å². The van der Waals surface area contributed by atoms with Crippen molar-refractivity contribution in [1.82, 2.24) is 14.9 Å². The van der Waals surface area contributed by atoms with Gasteiger partial charge in [-0.2, -0.15) is 5.10 Å². The lowest BCUT2D eigenvalue weighted by Gasteiger charge is -2.26. The number of hydrogen-bond acceptors (Lipinski definition) is 2. The molecule has 0 aliphatic heterocycles.